The normalized spacial score (nSPS) is 10.0. The highest BCUT2D eigenvalue weighted by atomic mass is 16.6. The summed E-state index contributed by atoms with van der Waals surface area (Å²) >= 11 is 0. The predicted molar refractivity (Wildman–Crippen MR) is 102 cm³/mol. The molecule has 0 atom stereocenters. The van der Waals surface area contributed by atoms with Crippen LogP contribution in [0.25, 0.3) is 0 Å². The number of carbonyl (C=O) groups is 2. The van der Waals surface area contributed by atoms with Gasteiger partial charge >= 0.3 is 5.69 Å². The van der Waals surface area contributed by atoms with Crippen molar-refractivity contribution in [1.82, 2.24) is 5.32 Å². The van der Waals surface area contributed by atoms with E-state index in [2.05, 4.69) is 5.32 Å². The summed E-state index contributed by atoms with van der Waals surface area (Å²) < 4.78 is 21.0. The van der Waals surface area contributed by atoms with Gasteiger partial charge in [0, 0.05) is 29.8 Å². The van der Waals surface area contributed by atoms with Crippen LogP contribution in [-0.4, -0.2) is 45.1 Å². The molecule has 0 saturated carbocycles. The van der Waals surface area contributed by atoms with E-state index < -0.39 is 23.1 Å². The topological polar surface area (TPSA) is 126 Å². The molecule has 10 heteroatoms. The lowest BCUT2D eigenvalue weighted by Crippen LogP contribution is -2.28. The van der Waals surface area contributed by atoms with E-state index in [4.69, 9.17) is 18.9 Å². The third-order valence-corrected chi connectivity index (χ3v) is 3.94. The van der Waals surface area contributed by atoms with Gasteiger partial charge < -0.3 is 24.3 Å². The number of ether oxygens (including phenoxy) is 4. The Balaban J connectivity index is 2.04. The van der Waals surface area contributed by atoms with Crippen LogP contribution in [0.3, 0.4) is 0 Å². The highest BCUT2D eigenvalue weighted by molar-refractivity contribution is 5.79. The van der Waals surface area contributed by atoms with Gasteiger partial charge in [0.2, 0.25) is 0 Å². The SMILES string of the molecule is COc1cc(OC)c(OC)cc1CNC(=O)COc1ccc(C=O)cc1[N+](=O)[O-]. The second-order valence-corrected chi connectivity index (χ2v) is 5.69. The van der Waals surface area contributed by atoms with Gasteiger partial charge in [0.05, 0.1) is 26.3 Å². The molecule has 0 saturated heterocycles. The van der Waals surface area contributed by atoms with Crippen LogP contribution in [0.2, 0.25) is 0 Å². The van der Waals surface area contributed by atoms with Crippen LogP contribution in [0.15, 0.2) is 30.3 Å². The molecule has 0 aliphatic heterocycles. The molecule has 2 aromatic rings. The van der Waals surface area contributed by atoms with Crippen LogP contribution >= 0.6 is 0 Å². The van der Waals surface area contributed by atoms with Gasteiger partial charge in [-0.25, -0.2) is 0 Å². The molecule has 1 amide bonds. The number of hydrogen-bond donors (Lipinski definition) is 1. The number of benzene rings is 2. The van der Waals surface area contributed by atoms with Gasteiger partial charge in [-0.05, 0) is 18.2 Å². The van der Waals surface area contributed by atoms with Crippen LogP contribution in [0.1, 0.15) is 15.9 Å². The van der Waals surface area contributed by atoms with Crippen molar-refractivity contribution >= 4 is 17.9 Å². The van der Waals surface area contributed by atoms with Crippen molar-refractivity contribution in [2.45, 2.75) is 6.54 Å². The molecule has 0 aliphatic carbocycles. The van der Waals surface area contributed by atoms with Crippen LogP contribution in [-0.2, 0) is 11.3 Å². The number of rotatable bonds is 10. The minimum atomic E-state index is -0.686. The van der Waals surface area contributed by atoms with Crippen LogP contribution in [0.5, 0.6) is 23.0 Å². The fourth-order valence-electron chi connectivity index (χ4n) is 2.49. The zero-order valence-corrected chi connectivity index (χ0v) is 16.1. The fraction of sp³-hybridized carbons (Fsp3) is 0.263. The van der Waals surface area contributed by atoms with Crippen molar-refractivity contribution in [3.8, 4) is 23.0 Å². The number of amides is 1. The average molecular weight is 404 g/mol. The molecule has 1 N–H and O–H groups in total. The minimum absolute atomic E-state index is 0.109. The summed E-state index contributed by atoms with van der Waals surface area (Å²) in [5.41, 5.74) is 0.373. The maximum absolute atomic E-state index is 12.1. The van der Waals surface area contributed by atoms with Crippen molar-refractivity contribution in [1.29, 1.82) is 0 Å². The van der Waals surface area contributed by atoms with E-state index in [1.54, 1.807) is 12.1 Å². The molecular weight excluding hydrogens is 384 g/mol. The number of methoxy groups -OCH3 is 3. The zero-order valence-electron chi connectivity index (χ0n) is 16.1. The Bertz CT molecular complexity index is 913. The first-order valence-corrected chi connectivity index (χ1v) is 8.35. The number of nitrogens with zero attached hydrogens (tertiary/aromatic N) is 1. The van der Waals surface area contributed by atoms with Gasteiger partial charge in [0.15, 0.2) is 23.9 Å². The molecule has 0 spiro atoms. The van der Waals surface area contributed by atoms with E-state index in [1.807, 2.05) is 0 Å². The first kappa shape index (κ1) is 21.5. The Morgan fingerprint density at radius 1 is 1.03 bits per heavy atom. The van der Waals surface area contributed by atoms with Gasteiger partial charge in [0.1, 0.15) is 12.0 Å². The van der Waals surface area contributed by atoms with Gasteiger partial charge in [-0.3, -0.25) is 19.7 Å². The molecule has 0 fully saturated rings. The maximum Gasteiger partial charge on any atom is 0.311 e. The largest absolute Gasteiger partial charge is 0.496 e. The molecule has 0 heterocycles. The summed E-state index contributed by atoms with van der Waals surface area (Å²) in [7, 11) is 4.47. The quantitative estimate of drug-likeness (QED) is 0.363. The van der Waals surface area contributed by atoms with Gasteiger partial charge in [-0.1, -0.05) is 0 Å². The summed E-state index contributed by atoms with van der Waals surface area (Å²) in [6.45, 7) is -0.339. The number of hydrogen-bond acceptors (Lipinski definition) is 8. The maximum atomic E-state index is 12.1. The number of nitro groups is 1. The second kappa shape index (κ2) is 9.93. The fourth-order valence-corrected chi connectivity index (χ4v) is 2.49. The van der Waals surface area contributed by atoms with Crippen LogP contribution < -0.4 is 24.3 Å². The lowest BCUT2D eigenvalue weighted by atomic mass is 10.1. The van der Waals surface area contributed by atoms with Gasteiger partial charge in [-0.15, -0.1) is 0 Å². The van der Waals surface area contributed by atoms with Crippen molar-refractivity contribution in [2.75, 3.05) is 27.9 Å². The number of nitro benzene ring substituents is 1. The third kappa shape index (κ3) is 5.34. The molecule has 0 aromatic heterocycles. The van der Waals surface area contributed by atoms with E-state index >= 15 is 0 Å². The average Bonchev–Trinajstić information content (AvgIpc) is 2.75. The molecule has 154 valence electrons. The van der Waals surface area contributed by atoms with Crippen molar-refractivity contribution in [3.05, 3.63) is 51.6 Å². The Labute approximate surface area is 166 Å². The van der Waals surface area contributed by atoms with Crippen molar-refractivity contribution in [2.24, 2.45) is 0 Å². The molecule has 29 heavy (non-hydrogen) atoms. The number of aldehydes is 1. The summed E-state index contributed by atoms with van der Waals surface area (Å²) in [5, 5.41) is 13.7. The number of carbonyl (C=O) groups excluding carboxylic acids is 2. The Morgan fingerprint density at radius 3 is 2.28 bits per heavy atom. The first-order valence-electron chi connectivity index (χ1n) is 8.35. The van der Waals surface area contributed by atoms with Crippen LogP contribution in [0, 0.1) is 10.1 Å². The molecule has 0 radical (unpaired) electrons. The van der Waals surface area contributed by atoms with Crippen molar-refractivity contribution in [3.63, 3.8) is 0 Å². The van der Waals surface area contributed by atoms with E-state index in [0.717, 1.165) is 6.07 Å². The lowest BCUT2D eigenvalue weighted by Gasteiger charge is -2.14. The summed E-state index contributed by atoms with van der Waals surface area (Å²) in [5.74, 6) is 0.826. The molecule has 0 unspecified atom stereocenters. The van der Waals surface area contributed by atoms with E-state index in [-0.39, 0.29) is 17.9 Å². The standard InChI is InChI=1S/C19H20N2O8/c1-26-16-8-18(28-3)17(27-2)7-13(16)9-20-19(23)11-29-15-5-4-12(10-22)6-14(15)21(24)25/h4-8,10H,9,11H2,1-3H3,(H,20,23). The minimum Gasteiger partial charge on any atom is -0.496 e. The second-order valence-electron chi connectivity index (χ2n) is 5.69. The predicted octanol–water partition coefficient (Wildman–Crippen LogP) is 2.13. The molecular formula is C19H20N2O8. The molecule has 0 bridgehead atoms. The Morgan fingerprint density at radius 2 is 1.69 bits per heavy atom. The summed E-state index contributed by atoms with van der Waals surface area (Å²) in [6, 6.07) is 7.01. The Hall–Kier alpha value is -3.82. The van der Waals surface area contributed by atoms with E-state index in [0.29, 0.717) is 29.1 Å². The van der Waals surface area contributed by atoms with Crippen molar-refractivity contribution < 1.29 is 33.5 Å². The van der Waals surface area contributed by atoms with Crippen LogP contribution in [0.4, 0.5) is 5.69 Å². The van der Waals surface area contributed by atoms with Gasteiger partial charge in [0.25, 0.3) is 5.91 Å². The van der Waals surface area contributed by atoms with E-state index in [9.17, 15) is 19.7 Å². The zero-order chi connectivity index (χ0) is 21.4. The molecule has 10 nitrogen and oxygen atoms in total. The first-order chi connectivity index (χ1) is 13.9. The Kier molecular flexibility index (Phi) is 7.35. The smallest absolute Gasteiger partial charge is 0.311 e. The molecule has 0 aliphatic rings. The third-order valence-electron chi connectivity index (χ3n) is 3.94. The summed E-state index contributed by atoms with van der Waals surface area (Å²) in [6.07, 6.45) is 0.486. The highest BCUT2D eigenvalue weighted by Crippen LogP contribution is 2.34. The summed E-state index contributed by atoms with van der Waals surface area (Å²) in [4.78, 5) is 33.3. The molecule has 2 aromatic carbocycles. The highest BCUT2D eigenvalue weighted by Gasteiger charge is 2.18. The molecule has 2 rings (SSSR count). The van der Waals surface area contributed by atoms with E-state index in [1.165, 1.54) is 33.5 Å². The van der Waals surface area contributed by atoms with Gasteiger partial charge in [-0.2, -0.15) is 0 Å². The monoisotopic (exact) mass is 404 g/mol. The number of nitrogens with one attached hydrogen (secondary N) is 1. The lowest BCUT2D eigenvalue weighted by molar-refractivity contribution is -0.385.